The molecular weight excluding hydrogens is 418 g/mol. The summed E-state index contributed by atoms with van der Waals surface area (Å²) in [6.07, 6.45) is 5.96. The van der Waals surface area contributed by atoms with Crippen LogP contribution in [0.4, 0.5) is 5.82 Å². The number of aliphatic hydroxyl groups excluding tert-OH is 1. The van der Waals surface area contributed by atoms with Crippen LogP contribution in [-0.2, 0) is 20.9 Å². The Balaban J connectivity index is 1.37. The third kappa shape index (κ3) is 4.03. The van der Waals surface area contributed by atoms with Crippen molar-refractivity contribution in [2.45, 2.75) is 43.9 Å². The smallest absolute Gasteiger partial charge is 0.333 e. The topological polar surface area (TPSA) is 132 Å². The van der Waals surface area contributed by atoms with Gasteiger partial charge < -0.3 is 15.0 Å². The number of nitrogens with one attached hydrogen (secondary N) is 1. The Hall–Kier alpha value is -2.53. The Labute approximate surface area is 180 Å². The third-order valence-corrected chi connectivity index (χ3v) is 6.89. The van der Waals surface area contributed by atoms with Gasteiger partial charge in [0, 0.05) is 18.2 Å². The fourth-order valence-electron chi connectivity index (χ4n) is 4.92. The fourth-order valence-corrected chi connectivity index (χ4v) is 5.28. The van der Waals surface area contributed by atoms with E-state index in [0.29, 0.717) is 12.8 Å². The van der Waals surface area contributed by atoms with E-state index in [-0.39, 0.29) is 24.6 Å². The molecule has 2 aliphatic rings. The normalized spacial score (nSPS) is 25.7. The van der Waals surface area contributed by atoms with Gasteiger partial charge in [0.1, 0.15) is 17.8 Å². The van der Waals surface area contributed by atoms with Gasteiger partial charge in [-0.1, -0.05) is 24.3 Å². The number of nitrogens with two attached hydrogens (primary N) is 1. The lowest BCUT2D eigenvalue weighted by Crippen LogP contribution is -2.24. The van der Waals surface area contributed by atoms with Crippen molar-refractivity contribution in [1.82, 2.24) is 14.5 Å². The van der Waals surface area contributed by atoms with Gasteiger partial charge in [-0.2, -0.15) is 8.42 Å². The van der Waals surface area contributed by atoms with Crippen molar-refractivity contribution in [3.05, 3.63) is 54.0 Å². The molecule has 2 aromatic heterocycles. The maximum Gasteiger partial charge on any atom is 0.333 e. The zero-order valence-electron chi connectivity index (χ0n) is 16.9. The van der Waals surface area contributed by atoms with Crippen molar-refractivity contribution in [3.8, 4) is 0 Å². The number of nitrogens with zero attached hydrogens (tertiary/aromatic N) is 3. The summed E-state index contributed by atoms with van der Waals surface area (Å²) in [4.78, 5) is 8.97. The molecular formula is C21H25N5O4S. The van der Waals surface area contributed by atoms with Crippen LogP contribution in [0.1, 0.15) is 42.5 Å². The number of hydrogen-bond acceptors (Lipinski definition) is 7. The van der Waals surface area contributed by atoms with E-state index in [1.54, 1.807) is 6.33 Å². The molecule has 0 bridgehead atoms. The second-order valence-electron chi connectivity index (χ2n) is 8.35. The molecule has 31 heavy (non-hydrogen) atoms. The first-order valence-corrected chi connectivity index (χ1v) is 11.9. The molecule has 3 aromatic rings. The zero-order valence-corrected chi connectivity index (χ0v) is 17.7. The van der Waals surface area contributed by atoms with E-state index >= 15 is 0 Å². The second-order valence-corrected chi connectivity index (χ2v) is 9.57. The molecule has 2 heterocycles. The number of aromatic nitrogens is 3. The highest BCUT2D eigenvalue weighted by atomic mass is 32.2. The lowest BCUT2D eigenvalue weighted by molar-refractivity contribution is 0.100. The molecule has 0 unspecified atom stereocenters. The minimum atomic E-state index is -4.03. The molecule has 10 heteroatoms. The van der Waals surface area contributed by atoms with E-state index in [0.717, 1.165) is 29.7 Å². The van der Waals surface area contributed by atoms with Crippen LogP contribution in [0.5, 0.6) is 0 Å². The lowest BCUT2D eigenvalue weighted by Gasteiger charge is -2.16. The number of aliphatic hydroxyl groups is 1. The molecule has 5 rings (SSSR count). The molecule has 0 saturated heterocycles. The SMILES string of the molecule is NS(=O)(=O)OC[C@@H]1C[C@@H](n2ccc3c(N[C@@H]4CCc5ccccc54)ncnc32)C[C@@H]1O. The van der Waals surface area contributed by atoms with Gasteiger partial charge in [-0.05, 0) is 42.9 Å². The van der Waals surface area contributed by atoms with Crippen molar-refractivity contribution in [1.29, 1.82) is 0 Å². The molecule has 164 valence electrons. The molecule has 2 aliphatic carbocycles. The summed E-state index contributed by atoms with van der Waals surface area (Å²) in [6, 6.07) is 10.6. The molecule has 0 aliphatic heterocycles. The predicted octanol–water partition coefficient (Wildman–Crippen LogP) is 2.06. The summed E-state index contributed by atoms with van der Waals surface area (Å²) in [5.74, 6) is 0.480. The number of benzene rings is 1. The highest BCUT2D eigenvalue weighted by molar-refractivity contribution is 7.84. The maximum atomic E-state index is 11.1. The molecule has 0 amide bonds. The van der Waals surface area contributed by atoms with Crippen LogP contribution in [0.3, 0.4) is 0 Å². The Kier molecular flexibility index (Phi) is 5.17. The average Bonchev–Trinajstić information content (AvgIpc) is 3.43. The zero-order chi connectivity index (χ0) is 21.6. The van der Waals surface area contributed by atoms with Gasteiger partial charge >= 0.3 is 10.3 Å². The van der Waals surface area contributed by atoms with Gasteiger partial charge in [-0.3, -0.25) is 4.18 Å². The van der Waals surface area contributed by atoms with Gasteiger partial charge in [0.05, 0.1) is 24.1 Å². The van der Waals surface area contributed by atoms with Gasteiger partial charge in [-0.25, -0.2) is 15.1 Å². The van der Waals surface area contributed by atoms with Crippen molar-refractivity contribution in [3.63, 3.8) is 0 Å². The molecule has 9 nitrogen and oxygen atoms in total. The summed E-state index contributed by atoms with van der Waals surface area (Å²) in [6.45, 7) is -0.126. The van der Waals surface area contributed by atoms with E-state index in [9.17, 15) is 13.5 Å². The molecule has 1 saturated carbocycles. The van der Waals surface area contributed by atoms with Crippen LogP contribution in [0.2, 0.25) is 0 Å². The van der Waals surface area contributed by atoms with Gasteiger partial charge in [-0.15, -0.1) is 0 Å². The molecule has 1 aromatic carbocycles. The molecule has 4 atom stereocenters. The Bertz CT molecular complexity index is 1210. The van der Waals surface area contributed by atoms with Crippen LogP contribution < -0.4 is 10.5 Å². The largest absolute Gasteiger partial charge is 0.393 e. The quantitative estimate of drug-likeness (QED) is 0.531. The molecule has 4 N–H and O–H groups in total. The summed E-state index contributed by atoms with van der Waals surface area (Å²) in [5.41, 5.74) is 3.47. The van der Waals surface area contributed by atoms with Crippen molar-refractivity contribution >= 4 is 27.2 Å². The molecule has 1 fully saturated rings. The standard InChI is InChI=1S/C21H25N5O4S/c22-31(28,29)30-11-14-9-15(10-19(14)27)26-8-7-17-20(23-12-24-21(17)26)25-18-6-5-13-3-1-2-4-16(13)18/h1-4,7-8,12,14-15,18-19,27H,5-6,9-11H2,(H2,22,28,29)(H,23,24,25)/t14-,15+,18+,19-/m0/s1. The summed E-state index contributed by atoms with van der Waals surface area (Å²) >= 11 is 0. The predicted molar refractivity (Wildman–Crippen MR) is 115 cm³/mol. The Morgan fingerprint density at radius 1 is 1.23 bits per heavy atom. The first kappa shape index (κ1) is 20.4. The van der Waals surface area contributed by atoms with Crippen LogP contribution >= 0.6 is 0 Å². The number of hydrogen-bond donors (Lipinski definition) is 3. The fraction of sp³-hybridized carbons (Fsp3) is 0.429. The number of fused-ring (bicyclic) bond motifs is 2. The summed E-state index contributed by atoms with van der Waals surface area (Å²) in [5, 5.41) is 19.8. The van der Waals surface area contributed by atoms with Gasteiger partial charge in [0.2, 0.25) is 0 Å². The second kappa shape index (κ2) is 7.86. The number of aryl methyl sites for hydroxylation is 1. The minimum absolute atomic E-state index is 0.0171. The van der Waals surface area contributed by atoms with Gasteiger partial charge in [0.25, 0.3) is 0 Å². The summed E-state index contributed by atoms with van der Waals surface area (Å²) < 4.78 is 28.9. The number of rotatable bonds is 6. The monoisotopic (exact) mass is 443 g/mol. The molecule has 0 spiro atoms. The lowest BCUT2D eigenvalue weighted by atomic mass is 10.1. The van der Waals surface area contributed by atoms with Crippen molar-refractivity contribution in [2.75, 3.05) is 11.9 Å². The van der Waals surface area contributed by atoms with Crippen LogP contribution in [0.15, 0.2) is 42.9 Å². The molecule has 0 radical (unpaired) electrons. The van der Waals surface area contributed by atoms with E-state index in [4.69, 9.17) is 9.32 Å². The van der Waals surface area contributed by atoms with Crippen LogP contribution in [0.25, 0.3) is 11.0 Å². The number of anilines is 1. The van der Waals surface area contributed by atoms with Crippen LogP contribution in [0, 0.1) is 5.92 Å². The highest BCUT2D eigenvalue weighted by Gasteiger charge is 2.35. The highest BCUT2D eigenvalue weighted by Crippen LogP contribution is 2.39. The first-order chi connectivity index (χ1) is 14.9. The average molecular weight is 444 g/mol. The minimum Gasteiger partial charge on any atom is -0.393 e. The van der Waals surface area contributed by atoms with E-state index < -0.39 is 16.4 Å². The van der Waals surface area contributed by atoms with Crippen molar-refractivity contribution in [2.24, 2.45) is 11.1 Å². The van der Waals surface area contributed by atoms with E-state index in [2.05, 4.69) is 39.6 Å². The van der Waals surface area contributed by atoms with Gasteiger partial charge in [0.15, 0.2) is 0 Å². The first-order valence-electron chi connectivity index (χ1n) is 10.4. The maximum absolute atomic E-state index is 11.1. The van der Waals surface area contributed by atoms with Crippen LogP contribution in [-0.4, -0.2) is 40.8 Å². The Morgan fingerprint density at radius 2 is 2.06 bits per heavy atom. The third-order valence-electron chi connectivity index (χ3n) is 6.43. The van der Waals surface area contributed by atoms with Crippen molar-refractivity contribution < 1.29 is 17.7 Å². The Morgan fingerprint density at radius 3 is 2.90 bits per heavy atom. The van der Waals surface area contributed by atoms with E-state index in [1.807, 2.05) is 16.8 Å². The summed E-state index contributed by atoms with van der Waals surface area (Å²) in [7, 11) is -4.03. The van der Waals surface area contributed by atoms with E-state index in [1.165, 1.54) is 11.1 Å².